The number of nitrogens with zero attached hydrogens (tertiary/aromatic N) is 2. The van der Waals surface area contributed by atoms with Crippen LogP contribution in [0.2, 0.25) is 0 Å². The van der Waals surface area contributed by atoms with E-state index >= 15 is 0 Å². The molecule has 0 amide bonds. The SMILES string of the molecule is CCNC(c1cccnc1)c1ccnc(C)c1. The summed E-state index contributed by atoms with van der Waals surface area (Å²) in [6.45, 7) is 5.04. The van der Waals surface area contributed by atoms with E-state index in [0.717, 1.165) is 12.2 Å². The van der Waals surface area contributed by atoms with Crippen LogP contribution in [0.3, 0.4) is 0 Å². The van der Waals surface area contributed by atoms with Crippen LogP contribution >= 0.6 is 0 Å². The third-order valence-corrected chi connectivity index (χ3v) is 2.68. The minimum absolute atomic E-state index is 0.190. The van der Waals surface area contributed by atoms with Gasteiger partial charge in [-0.15, -0.1) is 0 Å². The third-order valence-electron chi connectivity index (χ3n) is 2.68. The van der Waals surface area contributed by atoms with Crippen LogP contribution in [0.4, 0.5) is 0 Å². The van der Waals surface area contributed by atoms with Gasteiger partial charge in [0.2, 0.25) is 0 Å². The number of rotatable bonds is 4. The van der Waals surface area contributed by atoms with Gasteiger partial charge in [0.05, 0.1) is 6.04 Å². The van der Waals surface area contributed by atoms with Gasteiger partial charge in [0.1, 0.15) is 0 Å². The van der Waals surface area contributed by atoms with Gasteiger partial charge in [0.15, 0.2) is 0 Å². The van der Waals surface area contributed by atoms with Crippen molar-refractivity contribution in [2.24, 2.45) is 0 Å². The summed E-state index contributed by atoms with van der Waals surface area (Å²) in [4.78, 5) is 8.41. The Hall–Kier alpha value is -1.74. The van der Waals surface area contributed by atoms with Crippen LogP contribution in [0.1, 0.15) is 29.8 Å². The molecule has 2 heterocycles. The van der Waals surface area contributed by atoms with E-state index in [0.29, 0.717) is 0 Å². The first-order chi connectivity index (χ1) is 8.31. The molecule has 2 aromatic heterocycles. The molecule has 17 heavy (non-hydrogen) atoms. The van der Waals surface area contributed by atoms with Crippen molar-refractivity contribution in [1.82, 2.24) is 15.3 Å². The molecule has 3 heteroatoms. The normalized spacial score (nSPS) is 12.4. The number of aromatic nitrogens is 2. The molecule has 0 aliphatic carbocycles. The molecule has 0 aromatic carbocycles. The summed E-state index contributed by atoms with van der Waals surface area (Å²) in [5, 5.41) is 3.47. The first-order valence-electron chi connectivity index (χ1n) is 5.87. The van der Waals surface area contributed by atoms with Crippen LogP contribution < -0.4 is 5.32 Å². The molecule has 2 aromatic rings. The molecule has 0 fully saturated rings. The second-order valence-electron chi connectivity index (χ2n) is 4.01. The molecule has 1 unspecified atom stereocenters. The summed E-state index contributed by atoms with van der Waals surface area (Å²) < 4.78 is 0. The van der Waals surface area contributed by atoms with Gasteiger partial charge >= 0.3 is 0 Å². The Morgan fingerprint density at radius 1 is 1.24 bits per heavy atom. The minimum Gasteiger partial charge on any atom is -0.306 e. The van der Waals surface area contributed by atoms with Crippen molar-refractivity contribution >= 4 is 0 Å². The van der Waals surface area contributed by atoms with Crippen LogP contribution in [0, 0.1) is 6.92 Å². The number of nitrogens with one attached hydrogen (secondary N) is 1. The van der Waals surface area contributed by atoms with Crippen LogP contribution in [0.25, 0.3) is 0 Å². The average molecular weight is 227 g/mol. The van der Waals surface area contributed by atoms with Crippen molar-refractivity contribution in [2.75, 3.05) is 6.54 Å². The number of pyridine rings is 2. The fraction of sp³-hybridized carbons (Fsp3) is 0.286. The summed E-state index contributed by atoms with van der Waals surface area (Å²) in [5.74, 6) is 0. The molecule has 3 nitrogen and oxygen atoms in total. The molecule has 1 atom stereocenters. The Bertz CT molecular complexity index is 468. The lowest BCUT2D eigenvalue weighted by molar-refractivity contribution is 0.627. The lowest BCUT2D eigenvalue weighted by atomic mass is 10.0. The first kappa shape index (κ1) is 11.7. The van der Waals surface area contributed by atoms with E-state index in [2.05, 4.69) is 34.3 Å². The zero-order valence-corrected chi connectivity index (χ0v) is 10.2. The highest BCUT2D eigenvalue weighted by Crippen LogP contribution is 2.21. The van der Waals surface area contributed by atoms with E-state index in [9.17, 15) is 0 Å². The maximum Gasteiger partial charge on any atom is 0.0593 e. The lowest BCUT2D eigenvalue weighted by Crippen LogP contribution is -2.22. The second-order valence-corrected chi connectivity index (χ2v) is 4.01. The highest BCUT2D eigenvalue weighted by Gasteiger charge is 2.12. The van der Waals surface area contributed by atoms with Crippen molar-refractivity contribution < 1.29 is 0 Å². The predicted molar refractivity (Wildman–Crippen MR) is 68.7 cm³/mol. The zero-order valence-electron chi connectivity index (χ0n) is 10.2. The minimum atomic E-state index is 0.190. The number of hydrogen-bond donors (Lipinski definition) is 1. The van der Waals surface area contributed by atoms with E-state index < -0.39 is 0 Å². The fourth-order valence-corrected chi connectivity index (χ4v) is 1.93. The summed E-state index contributed by atoms with van der Waals surface area (Å²) in [6, 6.07) is 8.41. The topological polar surface area (TPSA) is 37.8 Å². The lowest BCUT2D eigenvalue weighted by Gasteiger charge is -2.18. The Morgan fingerprint density at radius 3 is 2.76 bits per heavy atom. The summed E-state index contributed by atoms with van der Waals surface area (Å²) in [7, 11) is 0. The monoisotopic (exact) mass is 227 g/mol. The van der Waals surface area contributed by atoms with E-state index in [4.69, 9.17) is 0 Å². The molecule has 0 spiro atoms. The standard InChI is InChI=1S/C14H17N3/c1-3-16-14(13-5-4-7-15-10-13)12-6-8-17-11(2)9-12/h4-10,14,16H,3H2,1-2H3. The molecule has 88 valence electrons. The van der Waals surface area contributed by atoms with Crippen LogP contribution in [-0.2, 0) is 0 Å². The van der Waals surface area contributed by atoms with Gasteiger partial charge in [0, 0.05) is 24.3 Å². The Balaban J connectivity index is 2.35. The first-order valence-corrected chi connectivity index (χ1v) is 5.87. The summed E-state index contributed by atoms with van der Waals surface area (Å²) in [6.07, 6.45) is 5.55. The Kier molecular flexibility index (Phi) is 3.83. The molecule has 1 N–H and O–H groups in total. The molecular weight excluding hydrogens is 210 g/mol. The van der Waals surface area contributed by atoms with Crippen molar-refractivity contribution in [3.8, 4) is 0 Å². The molecule has 0 saturated heterocycles. The average Bonchev–Trinajstić information content (AvgIpc) is 2.37. The summed E-state index contributed by atoms with van der Waals surface area (Å²) in [5.41, 5.74) is 3.45. The van der Waals surface area contributed by atoms with E-state index in [1.807, 2.05) is 31.5 Å². The van der Waals surface area contributed by atoms with Crippen molar-refractivity contribution in [3.05, 3.63) is 59.7 Å². The van der Waals surface area contributed by atoms with Gasteiger partial charge in [-0.2, -0.15) is 0 Å². The van der Waals surface area contributed by atoms with Crippen molar-refractivity contribution in [3.63, 3.8) is 0 Å². The number of hydrogen-bond acceptors (Lipinski definition) is 3. The molecule has 2 rings (SSSR count). The molecule has 0 bridgehead atoms. The van der Waals surface area contributed by atoms with Gasteiger partial charge in [-0.05, 0) is 42.8 Å². The van der Waals surface area contributed by atoms with E-state index in [1.54, 1.807) is 6.20 Å². The second kappa shape index (κ2) is 5.55. The van der Waals surface area contributed by atoms with Gasteiger partial charge in [0.25, 0.3) is 0 Å². The highest BCUT2D eigenvalue weighted by molar-refractivity contribution is 5.30. The quantitative estimate of drug-likeness (QED) is 0.872. The maximum absolute atomic E-state index is 4.23. The van der Waals surface area contributed by atoms with Gasteiger partial charge in [-0.1, -0.05) is 13.0 Å². The maximum atomic E-state index is 4.23. The van der Waals surface area contributed by atoms with Crippen molar-refractivity contribution in [1.29, 1.82) is 0 Å². The third kappa shape index (κ3) is 2.88. The van der Waals surface area contributed by atoms with Gasteiger partial charge < -0.3 is 5.32 Å². The zero-order chi connectivity index (χ0) is 12.1. The summed E-state index contributed by atoms with van der Waals surface area (Å²) >= 11 is 0. The van der Waals surface area contributed by atoms with Crippen LogP contribution in [0.5, 0.6) is 0 Å². The molecule has 0 radical (unpaired) electrons. The van der Waals surface area contributed by atoms with E-state index in [-0.39, 0.29) is 6.04 Å². The predicted octanol–water partition coefficient (Wildman–Crippen LogP) is 2.48. The van der Waals surface area contributed by atoms with Crippen LogP contribution in [0.15, 0.2) is 42.9 Å². The smallest absolute Gasteiger partial charge is 0.0593 e. The fourth-order valence-electron chi connectivity index (χ4n) is 1.93. The molecular formula is C14H17N3. The van der Waals surface area contributed by atoms with Gasteiger partial charge in [-0.25, -0.2) is 0 Å². The number of aryl methyl sites for hydroxylation is 1. The Morgan fingerprint density at radius 2 is 2.12 bits per heavy atom. The van der Waals surface area contributed by atoms with E-state index in [1.165, 1.54) is 11.1 Å². The van der Waals surface area contributed by atoms with Crippen LogP contribution in [-0.4, -0.2) is 16.5 Å². The van der Waals surface area contributed by atoms with Gasteiger partial charge in [-0.3, -0.25) is 9.97 Å². The molecule has 0 aliphatic heterocycles. The Labute approximate surface area is 102 Å². The molecule has 0 saturated carbocycles. The largest absolute Gasteiger partial charge is 0.306 e. The molecule has 0 aliphatic rings. The van der Waals surface area contributed by atoms with Crippen molar-refractivity contribution in [2.45, 2.75) is 19.9 Å². The highest BCUT2D eigenvalue weighted by atomic mass is 14.9.